The number of rotatable bonds is 7. The SMILES string of the molecule is CC[C@H]1C[C@@H](n2cnc3c(Cl)ncnc32)C[C@@H]1O[Si](C(C)C)(C(C)C)C(C)C. The molecule has 5 nitrogen and oxygen atoms in total. The maximum Gasteiger partial charge on any atom is 0.200 e. The quantitative estimate of drug-likeness (QED) is 0.382. The van der Waals surface area contributed by atoms with E-state index >= 15 is 0 Å². The predicted octanol–water partition coefficient (Wildman–Crippen LogP) is 6.40. The Morgan fingerprint density at radius 2 is 1.71 bits per heavy atom. The second-order valence-corrected chi connectivity index (χ2v) is 15.0. The summed E-state index contributed by atoms with van der Waals surface area (Å²) in [6, 6.07) is 0.351. The van der Waals surface area contributed by atoms with Crippen LogP contribution in [0.5, 0.6) is 0 Å². The molecular formula is C21H35ClN4OSi. The molecule has 0 bridgehead atoms. The molecule has 0 spiro atoms. The molecule has 156 valence electrons. The largest absolute Gasteiger partial charge is 0.413 e. The van der Waals surface area contributed by atoms with Crippen molar-refractivity contribution < 1.29 is 4.43 Å². The van der Waals surface area contributed by atoms with Gasteiger partial charge in [0.25, 0.3) is 0 Å². The number of aromatic nitrogens is 4. The first-order valence-electron chi connectivity index (χ1n) is 10.7. The van der Waals surface area contributed by atoms with Gasteiger partial charge in [0.15, 0.2) is 10.8 Å². The zero-order valence-corrected chi connectivity index (χ0v) is 20.1. The summed E-state index contributed by atoms with van der Waals surface area (Å²) in [5.41, 5.74) is 3.33. The van der Waals surface area contributed by atoms with E-state index in [1.54, 1.807) is 0 Å². The fraction of sp³-hybridized carbons (Fsp3) is 0.762. The summed E-state index contributed by atoms with van der Waals surface area (Å²) in [5.74, 6) is 0.572. The van der Waals surface area contributed by atoms with Crippen molar-refractivity contribution in [2.75, 3.05) is 0 Å². The van der Waals surface area contributed by atoms with Crippen LogP contribution < -0.4 is 0 Å². The van der Waals surface area contributed by atoms with E-state index in [2.05, 4.69) is 68.0 Å². The van der Waals surface area contributed by atoms with Gasteiger partial charge in [-0.1, -0.05) is 66.5 Å². The van der Waals surface area contributed by atoms with E-state index in [4.69, 9.17) is 16.0 Å². The second-order valence-electron chi connectivity index (χ2n) is 9.26. The van der Waals surface area contributed by atoms with Gasteiger partial charge in [0.1, 0.15) is 11.8 Å². The summed E-state index contributed by atoms with van der Waals surface area (Å²) in [7, 11) is -1.90. The van der Waals surface area contributed by atoms with Crippen LogP contribution in [-0.2, 0) is 4.43 Å². The lowest BCUT2D eigenvalue weighted by Gasteiger charge is -2.45. The zero-order chi connectivity index (χ0) is 20.6. The molecule has 2 heterocycles. The number of hydrogen-bond donors (Lipinski definition) is 0. The molecule has 1 aliphatic rings. The molecule has 3 rings (SSSR count). The number of halogens is 1. The number of nitrogens with zero attached hydrogens (tertiary/aromatic N) is 4. The van der Waals surface area contributed by atoms with Crippen molar-refractivity contribution >= 4 is 31.1 Å². The first-order valence-corrected chi connectivity index (χ1v) is 13.2. The molecule has 1 saturated carbocycles. The van der Waals surface area contributed by atoms with Gasteiger partial charge < -0.3 is 8.99 Å². The molecule has 0 aromatic carbocycles. The maximum atomic E-state index is 7.20. The van der Waals surface area contributed by atoms with Crippen LogP contribution >= 0.6 is 11.6 Å². The van der Waals surface area contributed by atoms with Crippen molar-refractivity contribution in [3.8, 4) is 0 Å². The molecule has 0 radical (unpaired) electrons. The smallest absolute Gasteiger partial charge is 0.200 e. The Kier molecular flexibility index (Phi) is 6.52. The summed E-state index contributed by atoms with van der Waals surface area (Å²) in [6.45, 7) is 16.5. The Labute approximate surface area is 175 Å². The van der Waals surface area contributed by atoms with E-state index in [1.807, 2.05) is 6.33 Å². The van der Waals surface area contributed by atoms with Gasteiger partial charge in [0.2, 0.25) is 8.32 Å². The van der Waals surface area contributed by atoms with Gasteiger partial charge in [0.05, 0.1) is 6.33 Å². The van der Waals surface area contributed by atoms with E-state index in [1.165, 1.54) is 6.33 Å². The average molecular weight is 423 g/mol. The van der Waals surface area contributed by atoms with E-state index < -0.39 is 8.32 Å². The number of hydrogen-bond acceptors (Lipinski definition) is 4. The van der Waals surface area contributed by atoms with Crippen molar-refractivity contribution in [3.63, 3.8) is 0 Å². The third-order valence-electron chi connectivity index (χ3n) is 6.90. The first-order chi connectivity index (χ1) is 13.2. The van der Waals surface area contributed by atoms with Crippen LogP contribution in [-0.4, -0.2) is 33.9 Å². The molecule has 3 atom stereocenters. The normalized spacial score (nSPS) is 23.6. The summed E-state index contributed by atoms with van der Waals surface area (Å²) in [5, 5.41) is 0.424. The molecule has 2 aromatic heterocycles. The lowest BCUT2D eigenvalue weighted by molar-refractivity contribution is 0.131. The Balaban J connectivity index is 1.90. The van der Waals surface area contributed by atoms with Crippen molar-refractivity contribution in [2.45, 2.75) is 96.5 Å². The lowest BCUT2D eigenvalue weighted by atomic mass is 10.0. The fourth-order valence-corrected chi connectivity index (χ4v) is 11.4. The highest BCUT2D eigenvalue weighted by Crippen LogP contribution is 2.48. The molecule has 28 heavy (non-hydrogen) atoms. The highest BCUT2D eigenvalue weighted by atomic mass is 35.5. The summed E-state index contributed by atoms with van der Waals surface area (Å²) in [4.78, 5) is 13.0. The van der Waals surface area contributed by atoms with Gasteiger partial charge in [0, 0.05) is 12.1 Å². The number of fused-ring (bicyclic) bond motifs is 1. The van der Waals surface area contributed by atoms with Crippen molar-refractivity contribution in [1.29, 1.82) is 0 Å². The van der Waals surface area contributed by atoms with Crippen molar-refractivity contribution in [1.82, 2.24) is 19.5 Å². The molecule has 0 amide bonds. The average Bonchev–Trinajstić information content (AvgIpc) is 3.22. The minimum atomic E-state index is -1.90. The topological polar surface area (TPSA) is 52.8 Å². The zero-order valence-electron chi connectivity index (χ0n) is 18.3. The Morgan fingerprint density at radius 3 is 2.29 bits per heavy atom. The molecule has 1 fully saturated rings. The maximum absolute atomic E-state index is 7.20. The molecule has 7 heteroatoms. The lowest BCUT2D eigenvalue weighted by Crippen LogP contribution is -2.50. The molecule has 0 N–H and O–H groups in total. The van der Waals surface area contributed by atoms with E-state index in [0.717, 1.165) is 24.9 Å². The molecule has 1 aliphatic carbocycles. The molecule has 2 aromatic rings. The van der Waals surface area contributed by atoms with Crippen LogP contribution in [0.1, 0.15) is 73.8 Å². The highest BCUT2D eigenvalue weighted by Gasteiger charge is 2.49. The van der Waals surface area contributed by atoms with Gasteiger partial charge in [-0.25, -0.2) is 15.0 Å². The standard InChI is InChI=1S/C21H35ClN4OSi/c1-8-16-9-17(26-12-25-19-20(22)23-11-24-21(19)26)10-18(16)27-28(13(2)3,14(4)5)15(6)7/h11-18H,8-10H2,1-7H3/t16-,17+,18-/m0/s1. The molecule has 0 aliphatic heterocycles. The molecule has 0 unspecified atom stereocenters. The second kappa shape index (κ2) is 8.40. The van der Waals surface area contributed by atoms with Crippen molar-refractivity contribution in [2.24, 2.45) is 5.92 Å². The van der Waals surface area contributed by atoms with Crippen LogP contribution in [0.15, 0.2) is 12.7 Å². The fourth-order valence-electron chi connectivity index (χ4n) is 5.62. The summed E-state index contributed by atoms with van der Waals surface area (Å²) in [6.07, 6.45) is 6.98. The van der Waals surface area contributed by atoms with Crippen LogP contribution in [0.25, 0.3) is 11.2 Å². The van der Waals surface area contributed by atoms with Crippen LogP contribution in [0.4, 0.5) is 0 Å². The molecular weight excluding hydrogens is 388 g/mol. The van der Waals surface area contributed by atoms with Crippen LogP contribution in [0, 0.1) is 5.92 Å². The van der Waals surface area contributed by atoms with Gasteiger partial charge in [-0.3, -0.25) is 0 Å². The Morgan fingerprint density at radius 1 is 1.07 bits per heavy atom. The van der Waals surface area contributed by atoms with Gasteiger partial charge in [-0.15, -0.1) is 0 Å². The van der Waals surface area contributed by atoms with Crippen LogP contribution in [0.3, 0.4) is 0 Å². The van der Waals surface area contributed by atoms with Gasteiger partial charge in [-0.05, 0) is 35.4 Å². The van der Waals surface area contributed by atoms with E-state index in [9.17, 15) is 0 Å². The summed E-state index contributed by atoms with van der Waals surface area (Å²) < 4.78 is 9.39. The predicted molar refractivity (Wildman–Crippen MR) is 118 cm³/mol. The van der Waals surface area contributed by atoms with Crippen LogP contribution in [0.2, 0.25) is 21.8 Å². The minimum absolute atomic E-state index is 0.309. The third kappa shape index (κ3) is 3.63. The van der Waals surface area contributed by atoms with Gasteiger partial charge in [-0.2, -0.15) is 0 Å². The monoisotopic (exact) mass is 422 g/mol. The Bertz CT molecular complexity index is 785. The third-order valence-corrected chi connectivity index (χ3v) is 13.3. The van der Waals surface area contributed by atoms with Gasteiger partial charge >= 0.3 is 0 Å². The number of imidazole rings is 1. The Hall–Kier alpha value is -0.983. The highest BCUT2D eigenvalue weighted by molar-refractivity contribution is 6.77. The minimum Gasteiger partial charge on any atom is -0.413 e. The molecule has 0 saturated heterocycles. The van der Waals surface area contributed by atoms with E-state index in [0.29, 0.717) is 45.4 Å². The van der Waals surface area contributed by atoms with Crippen molar-refractivity contribution in [3.05, 3.63) is 17.8 Å². The first kappa shape index (κ1) is 21.7. The summed E-state index contributed by atoms with van der Waals surface area (Å²) >= 11 is 6.21. The van der Waals surface area contributed by atoms with E-state index in [-0.39, 0.29) is 0 Å².